The molecule has 0 spiro atoms. The number of hydrogen-bond acceptors (Lipinski definition) is 3. The maximum atomic E-state index is 10.9. The molecule has 0 fully saturated rings. The fraction of sp³-hybridized carbons (Fsp3) is 0.188. The number of carboxylic acids is 1. The van der Waals surface area contributed by atoms with Crippen LogP contribution in [0.1, 0.15) is 15.9 Å². The number of aromatic carboxylic acids is 1. The van der Waals surface area contributed by atoms with Crippen molar-refractivity contribution >= 4 is 33.7 Å². The van der Waals surface area contributed by atoms with Crippen LogP contribution < -0.4 is 4.74 Å². The van der Waals surface area contributed by atoms with Crippen molar-refractivity contribution in [3.63, 3.8) is 0 Å². The van der Waals surface area contributed by atoms with Crippen LogP contribution in [-0.4, -0.2) is 23.4 Å². The summed E-state index contributed by atoms with van der Waals surface area (Å²) in [4.78, 5) is 12.1. The summed E-state index contributed by atoms with van der Waals surface area (Å²) in [6.07, 6.45) is 0. The maximum absolute atomic E-state index is 10.9. The summed E-state index contributed by atoms with van der Waals surface area (Å²) in [5.74, 6) is 0.396. The smallest absolute Gasteiger partial charge is 0.335 e. The van der Waals surface area contributed by atoms with Gasteiger partial charge < -0.3 is 9.84 Å². The third-order valence-corrected chi connectivity index (χ3v) is 4.44. The molecule has 0 radical (unpaired) electrons. The van der Waals surface area contributed by atoms with Crippen LogP contribution in [0.15, 0.2) is 51.8 Å². The Morgan fingerprint density at radius 1 is 1.24 bits per heavy atom. The number of halogens is 1. The monoisotopic (exact) mass is 366 g/mol. The minimum Gasteiger partial charge on any atom is -0.492 e. The molecule has 2 rings (SSSR count). The Bertz CT molecular complexity index is 626. The normalized spacial score (nSPS) is 10.4. The van der Waals surface area contributed by atoms with Gasteiger partial charge in [0.25, 0.3) is 0 Å². The van der Waals surface area contributed by atoms with Crippen LogP contribution in [-0.2, 0) is 0 Å². The third kappa shape index (κ3) is 4.79. The van der Waals surface area contributed by atoms with Crippen LogP contribution in [0.5, 0.6) is 5.75 Å². The molecule has 0 saturated heterocycles. The van der Waals surface area contributed by atoms with Gasteiger partial charge in [-0.15, -0.1) is 11.8 Å². The van der Waals surface area contributed by atoms with Gasteiger partial charge in [0.2, 0.25) is 0 Å². The lowest BCUT2D eigenvalue weighted by molar-refractivity contribution is 0.0696. The lowest BCUT2D eigenvalue weighted by atomic mass is 10.2. The van der Waals surface area contributed by atoms with Gasteiger partial charge in [-0.3, -0.25) is 0 Å². The summed E-state index contributed by atoms with van der Waals surface area (Å²) >= 11 is 5.07. The molecule has 0 atom stereocenters. The van der Waals surface area contributed by atoms with Crippen molar-refractivity contribution in [3.05, 3.63) is 58.1 Å². The van der Waals surface area contributed by atoms with Crippen LogP contribution in [0.25, 0.3) is 0 Å². The SMILES string of the molecule is Cc1ccc(SCCOc2cc(C(=O)O)ccc2Br)cc1. The van der Waals surface area contributed by atoms with E-state index in [9.17, 15) is 4.79 Å². The van der Waals surface area contributed by atoms with Crippen molar-refractivity contribution in [2.45, 2.75) is 11.8 Å². The molecule has 1 N–H and O–H groups in total. The maximum Gasteiger partial charge on any atom is 0.335 e. The van der Waals surface area contributed by atoms with E-state index in [0.29, 0.717) is 12.4 Å². The zero-order valence-corrected chi connectivity index (χ0v) is 13.9. The Hall–Kier alpha value is -1.46. The van der Waals surface area contributed by atoms with Crippen LogP contribution in [0, 0.1) is 6.92 Å². The zero-order chi connectivity index (χ0) is 15.2. The van der Waals surface area contributed by atoms with Crippen LogP contribution >= 0.6 is 27.7 Å². The van der Waals surface area contributed by atoms with Crippen molar-refractivity contribution in [3.8, 4) is 5.75 Å². The van der Waals surface area contributed by atoms with Gasteiger partial charge >= 0.3 is 5.97 Å². The lowest BCUT2D eigenvalue weighted by Crippen LogP contribution is -2.03. The summed E-state index contributed by atoms with van der Waals surface area (Å²) < 4.78 is 6.40. The number of carbonyl (C=O) groups is 1. The molecule has 0 aromatic heterocycles. The number of carboxylic acid groups (broad SMARTS) is 1. The van der Waals surface area contributed by atoms with Crippen molar-refractivity contribution in [2.75, 3.05) is 12.4 Å². The van der Waals surface area contributed by atoms with Crippen LogP contribution in [0.3, 0.4) is 0 Å². The number of aryl methyl sites for hydroxylation is 1. The van der Waals surface area contributed by atoms with Gasteiger partial charge in [0, 0.05) is 10.6 Å². The van der Waals surface area contributed by atoms with Gasteiger partial charge in [-0.1, -0.05) is 17.7 Å². The van der Waals surface area contributed by atoms with Crippen LogP contribution in [0.4, 0.5) is 0 Å². The molecule has 0 bridgehead atoms. The van der Waals surface area contributed by atoms with Crippen molar-refractivity contribution in [1.82, 2.24) is 0 Å². The summed E-state index contributed by atoms with van der Waals surface area (Å²) in [5, 5.41) is 8.97. The highest BCUT2D eigenvalue weighted by atomic mass is 79.9. The summed E-state index contributed by atoms with van der Waals surface area (Å²) in [5.41, 5.74) is 1.46. The van der Waals surface area contributed by atoms with Crippen molar-refractivity contribution in [2.24, 2.45) is 0 Å². The summed E-state index contributed by atoms with van der Waals surface area (Å²) in [6, 6.07) is 13.1. The number of thioether (sulfide) groups is 1. The van der Waals surface area contributed by atoms with Crippen molar-refractivity contribution in [1.29, 1.82) is 0 Å². The number of benzene rings is 2. The van der Waals surface area contributed by atoms with Gasteiger partial charge in [0.1, 0.15) is 5.75 Å². The second kappa shape index (κ2) is 7.52. The van der Waals surface area contributed by atoms with E-state index in [0.717, 1.165) is 10.2 Å². The Labute approximate surface area is 136 Å². The standard InChI is InChI=1S/C16H15BrO3S/c1-11-2-5-13(6-3-11)21-9-8-20-15-10-12(16(18)19)4-7-14(15)17/h2-7,10H,8-9H2,1H3,(H,18,19). The Balaban J connectivity index is 1.87. The molecule has 0 saturated carbocycles. The van der Waals surface area contributed by atoms with Crippen molar-refractivity contribution < 1.29 is 14.6 Å². The molecule has 2 aromatic rings. The highest BCUT2D eigenvalue weighted by Crippen LogP contribution is 2.26. The first-order chi connectivity index (χ1) is 10.1. The predicted octanol–water partition coefficient (Wildman–Crippen LogP) is 4.63. The van der Waals surface area contributed by atoms with Gasteiger partial charge in [-0.2, -0.15) is 0 Å². The first-order valence-corrected chi connectivity index (χ1v) is 8.19. The Morgan fingerprint density at radius 2 is 1.95 bits per heavy atom. The van der Waals surface area contributed by atoms with E-state index >= 15 is 0 Å². The van der Waals surface area contributed by atoms with E-state index in [-0.39, 0.29) is 5.56 Å². The van der Waals surface area contributed by atoms with E-state index in [4.69, 9.17) is 9.84 Å². The first-order valence-electron chi connectivity index (χ1n) is 6.41. The molecule has 21 heavy (non-hydrogen) atoms. The van der Waals surface area contributed by atoms with Gasteiger partial charge in [-0.25, -0.2) is 4.79 Å². The minimum atomic E-state index is -0.957. The average Bonchev–Trinajstić information content (AvgIpc) is 2.47. The molecule has 0 aliphatic rings. The highest BCUT2D eigenvalue weighted by molar-refractivity contribution is 9.10. The lowest BCUT2D eigenvalue weighted by Gasteiger charge is -2.09. The topological polar surface area (TPSA) is 46.5 Å². The van der Waals surface area contributed by atoms with E-state index in [1.807, 2.05) is 0 Å². The largest absolute Gasteiger partial charge is 0.492 e. The average molecular weight is 367 g/mol. The second-order valence-electron chi connectivity index (χ2n) is 4.46. The fourth-order valence-electron chi connectivity index (χ4n) is 1.69. The predicted molar refractivity (Wildman–Crippen MR) is 88.5 cm³/mol. The van der Waals surface area contributed by atoms with E-state index in [2.05, 4.69) is 47.1 Å². The summed E-state index contributed by atoms with van der Waals surface area (Å²) in [6.45, 7) is 2.57. The molecule has 5 heteroatoms. The molecule has 2 aromatic carbocycles. The van der Waals surface area contributed by atoms with Gasteiger partial charge in [-0.05, 0) is 53.2 Å². The zero-order valence-electron chi connectivity index (χ0n) is 11.5. The fourth-order valence-corrected chi connectivity index (χ4v) is 2.78. The number of ether oxygens (including phenoxy) is 1. The summed E-state index contributed by atoms with van der Waals surface area (Å²) in [7, 11) is 0. The molecular formula is C16H15BrO3S. The number of hydrogen-bond donors (Lipinski definition) is 1. The minimum absolute atomic E-state index is 0.222. The molecule has 0 aliphatic carbocycles. The van der Waals surface area contributed by atoms with Gasteiger partial charge in [0.15, 0.2) is 0 Å². The van der Waals surface area contributed by atoms with E-state index in [1.165, 1.54) is 16.5 Å². The third-order valence-electron chi connectivity index (χ3n) is 2.81. The molecule has 3 nitrogen and oxygen atoms in total. The van der Waals surface area contributed by atoms with Gasteiger partial charge in [0.05, 0.1) is 16.6 Å². The second-order valence-corrected chi connectivity index (χ2v) is 6.48. The van der Waals surface area contributed by atoms with Crippen LogP contribution in [0.2, 0.25) is 0 Å². The Kier molecular flexibility index (Phi) is 5.70. The molecule has 0 aliphatic heterocycles. The molecule has 110 valence electrons. The molecule has 0 unspecified atom stereocenters. The molecule has 0 heterocycles. The molecule has 0 amide bonds. The van der Waals surface area contributed by atoms with E-state index < -0.39 is 5.97 Å². The quantitative estimate of drug-likeness (QED) is 0.598. The first kappa shape index (κ1) is 15.9. The number of rotatable bonds is 6. The molecular weight excluding hydrogens is 352 g/mol. The highest BCUT2D eigenvalue weighted by Gasteiger charge is 2.08. The Morgan fingerprint density at radius 3 is 2.62 bits per heavy atom. The van der Waals surface area contributed by atoms with E-state index in [1.54, 1.807) is 23.9 Å².